The molecule has 0 aliphatic carbocycles. The summed E-state index contributed by atoms with van der Waals surface area (Å²) in [6.07, 6.45) is 5.62. The lowest BCUT2D eigenvalue weighted by Crippen LogP contribution is -2.32. The second-order valence-corrected chi connectivity index (χ2v) is 4.40. The van der Waals surface area contributed by atoms with Crippen LogP contribution < -0.4 is 0 Å². The Hall–Kier alpha value is -1.36. The molecule has 0 atom stereocenters. The number of aromatic nitrogens is 2. The molecule has 5 heteroatoms. The number of carboxylic acids is 1. The highest BCUT2D eigenvalue weighted by atomic mass is 16.4. The fraction of sp³-hybridized carbons (Fsp3) is 0.636. The fourth-order valence-corrected chi connectivity index (χ4v) is 2.23. The van der Waals surface area contributed by atoms with Gasteiger partial charge in [-0.3, -0.25) is 4.79 Å². The van der Waals surface area contributed by atoms with Gasteiger partial charge in [-0.05, 0) is 33.0 Å². The fourth-order valence-electron chi connectivity index (χ4n) is 2.23. The van der Waals surface area contributed by atoms with Gasteiger partial charge in [0, 0.05) is 17.9 Å². The molecule has 88 valence electrons. The first kappa shape index (κ1) is 11.1. The van der Waals surface area contributed by atoms with E-state index in [4.69, 9.17) is 5.11 Å². The van der Waals surface area contributed by atoms with Crippen LogP contribution in [0.15, 0.2) is 12.5 Å². The maximum Gasteiger partial charge on any atom is 0.309 e. The summed E-state index contributed by atoms with van der Waals surface area (Å²) in [5.41, 5.74) is 0.807. The number of piperidine rings is 1. The summed E-state index contributed by atoms with van der Waals surface area (Å²) >= 11 is 0. The van der Waals surface area contributed by atoms with Crippen molar-refractivity contribution in [3.8, 4) is 0 Å². The standard InChI is InChI=1S/C11H17N3O2/c1-13-4-2-9(3-5-13)14-8-12-7-10(14)6-11(15)16/h7-9H,2-6H2,1H3,(H,15,16). The monoisotopic (exact) mass is 223 g/mol. The van der Waals surface area contributed by atoms with Gasteiger partial charge in [-0.25, -0.2) is 4.98 Å². The highest BCUT2D eigenvalue weighted by Crippen LogP contribution is 2.23. The lowest BCUT2D eigenvalue weighted by atomic mass is 10.0. The van der Waals surface area contributed by atoms with Gasteiger partial charge >= 0.3 is 5.97 Å². The Morgan fingerprint density at radius 1 is 1.56 bits per heavy atom. The second kappa shape index (κ2) is 4.65. The van der Waals surface area contributed by atoms with Gasteiger partial charge in [0.1, 0.15) is 0 Å². The zero-order chi connectivity index (χ0) is 11.5. The van der Waals surface area contributed by atoms with Crippen LogP contribution in [0.4, 0.5) is 0 Å². The molecule has 1 saturated heterocycles. The lowest BCUT2D eigenvalue weighted by molar-refractivity contribution is -0.136. The zero-order valence-electron chi connectivity index (χ0n) is 9.46. The molecule has 1 aromatic rings. The molecule has 1 N–H and O–H groups in total. The summed E-state index contributed by atoms with van der Waals surface area (Å²) in [6.45, 7) is 2.13. The van der Waals surface area contributed by atoms with Crippen LogP contribution >= 0.6 is 0 Å². The van der Waals surface area contributed by atoms with Gasteiger partial charge in [-0.15, -0.1) is 0 Å². The third-order valence-corrected chi connectivity index (χ3v) is 3.16. The number of carbonyl (C=O) groups is 1. The molecule has 5 nitrogen and oxygen atoms in total. The molecule has 2 heterocycles. The SMILES string of the molecule is CN1CCC(n2cncc2CC(=O)O)CC1. The molecular formula is C11H17N3O2. The highest BCUT2D eigenvalue weighted by Gasteiger charge is 2.20. The van der Waals surface area contributed by atoms with Crippen LogP contribution in [0.3, 0.4) is 0 Å². The van der Waals surface area contributed by atoms with E-state index < -0.39 is 5.97 Å². The maximum atomic E-state index is 10.7. The van der Waals surface area contributed by atoms with Crippen LogP contribution in [0, 0.1) is 0 Å². The zero-order valence-corrected chi connectivity index (χ0v) is 9.46. The van der Waals surface area contributed by atoms with Crippen molar-refractivity contribution in [1.29, 1.82) is 0 Å². The normalized spacial score (nSPS) is 18.8. The van der Waals surface area contributed by atoms with E-state index >= 15 is 0 Å². The Morgan fingerprint density at radius 3 is 2.88 bits per heavy atom. The first-order chi connectivity index (χ1) is 7.66. The van der Waals surface area contributed by atoms with Crippen LogP contribution in [0.5, 0.6) is 0 Å². The summed E-state index contributed by atoms with van der Waals surface area (Å²) in [6, 6.07) is 0.410. The molecule has 0 unspecified atom stereocenters. The minimum absolute atomic E-state index is 0.0618. The van der Waals surface area contributed by atoms with Gasteiger partial charge in [0.25, 0.3) is 0 Å². The number of likely N-dealkylation sites (tertiary alicyclic amines) is 1. The third kappa shape index (κ3) is 2.41. The molecule has 16 heavy (non-hydrogen) atoms. The van der Waals surface area contributed by atoms with Crippen LogP contribution in [0.2, 0.25) is 0 Å². The summed E-state index contributed by atoms with van der Waals surface area (Å²) < 4.78 is 2.03. The predicted octanol–water partition coefficient (Wildman–Crippen LogP) is 0.777. The highest BCUT2D eigenvalue weighted by molar-refractivity contribution is 5.69. The van der Waals surface area contributed by atoms with Crippen LogP contribution in [-0.2, 0) is 11.2 Å². The molecule has 0 spiro atoms. The molecule has 0 aromatic carbocycles. The first-order valence-electron chi connectivity index (χ1n) is 5.58. The Bertz CT molecular complexity index is 367. The van der Waals surface area contributed by atoms with E-state index in [2.05, 4.69) is 16.9 Å². The molecule has 0 bridgehead atoms. The van der Waals surface area contributed by atoms with Crippen molar-refractivity contribution in [2.24, 2.45) is 0 Å². The number of nitrogens with zero attached hydrogens (tertiary/aromatic N) is 3. The summed E-state index contributed by atoms with van der Waals surface area (Å²) in [5.74, 6) is -0.797. The molecular weight excluding hydrogens is 206 g/mol. The van der Waals surface area contributed by atoms with Crippen LogP contribution in [0.25, 0.3) is 0 Å². The minimum atomic E-state index is -0.797. The van der Waals surface area contributed by atoms with Gasteiger partial charge in [0.15, 0.2) is 0 Å². The summed E-state index contributed by atoms with van der Waals surface area (Å²) in [5, 5.41) is 8.80. The van der Waals surface area contributed by atoms with E-state index in [1.54, 1.807) is 12.5 Å². The lowest BCUT2D eigenvalue weighted by Gasteiger charge is -2.30. The molecule has 1 fully saturated rings. The smallest absolute Gasteiger partial charge is 0.309 e. The van der Waals surface area contributed by atoms with Crippen molar-refractivity contribution in [2.45, 2.75) is 25.3 Å². The minimum Gasteiger partial charge on any atom is -0.481 e. The molecule has 0 radical (unpaired) electrons. The molecule has 1 aliphatic rings. The van der Waals surface area contributed by atoms with Gasteiger partial charge in [0.05, 0.1) is 12.7 Å². The largest absolute Gasteiger partial charge is 0.481 e. The molecule has 0 saturated carbocycles. The van der Waals surface area contributed by atoms with Crippen molar-refractivity contribution in [3.63, 3.8) is 0 Å². The van der Waals surface area contributed by atoms with Crippen LogP contribution in [-0.4, -0.2) is 45.7 Å². The Kier molecular flexibility index (Phi) is 3.24. The average molecular weight is 223 g/mol. The number of carboxylic acid groups (broad SMARTS) is 1. The molecule has 2 rings (SSSR count). The number of rotatable bonds is 3. The maximum absolute atomic E-state index is 10.7. The average Bonchev–Trinajstić information content (AvgIpc) is 2.66. The van der Waals surface area contributed by atoms with Gasteiger partial charge < -0.3 is 14.6 Å². The van der Waals surface area contributed by atoms with E-state index in [0.717, 1.165) is 31.6 Å². The first-order valence-corrected chi connectivity index (χ1v) is 5.58. The Balaban J connectivity index is 2.08. The van der Waals surface area contributed by atoms with Crippen LogP contribution in [0.1, 0.15) is 24.6 Å². The Morgan fingerprint density at radius 2 is 2.25 bits per heavy atom. The quantitative estimate of drug-likeness (QED) is 0.822. The van der Waals surface area contributed by atoms with E-state index in [-0.39, 0.29) is 6.42 Å². The van der Waals surface area contributed by atoms with Crippen molar-refractivity contribution >= 4 is 5.97 Å². The molecule has 1 aliphatic heterocycles. The summed E-state index contributed by atoms with van der Waals surface area (Å²) in [7, 11) is 2.11. The summed E-state index contributed by atoms with van der Waals surface area (Å²) in [4.78, 5) is 17.1. The van der Waals surface area contributed by atoms with Crippen molar-refractivity contribution in [1.82, 2.24) is 14.5 Å². The number of aliphatic carboxylic acids is 1. The van der Waals surface area contributed by atoms with Gasteiger partial charge in [0.2, 0.25) is 0 Å². The van der Waals surface area contributed by atoms with E-state index in [9.17, 15) is 4.79 Å². The molecule has 1 aromatic heterocycles. The number of hydrogen-bond acceptors (Lipinski definition) is 3. The van der Waals surface area contributed by atoms with E-state index in [1.165, 1.54) is 0 Å². The predicted molar refractivity (Wildman–Crippen MR) is 59.3 cm³/mol. The van der Waals surface area contributed by atoms with Crippen molar-refractivity contribution in [3.05, 3.63) is 18.2 Å². The van der Waals surface area contributed by atoms with Gasteiger partial charge in [-0.1, -0.05) is 0 Å². The second-order valence-electron chi connectivity index (χ2n) is 4.40. The van der Waals surface area contributed by atoms with E-state index in [1.807, 2.05) is 4.57 Å². The topological polar surface area (TPSA) is 58.4 Å². The number of hydrogen-bond donors (Lipinski definition) is 1. The van der Waals surface area contributed by atoms with E-state index in [0.29, 0.717) is 6.04 Å². The molecule has 0 amide bonds. The number of imidazole rings is 1. The Labute approximate surface area is 94.7 Å². The van der Waals surface area contributed by atoms with Gasteiger partial charge in [-0.2, -0.15) is 0 Å². The third-order valence-electron chi connectivity index (χ3n) is 3.16. The van der Waals surface area contributed by atoms with Crippen molar-refractivity contribution < 1.29 is 9.90 Å². The van der Waals surface area contributed by atoms with Crippen molar-refractivity contribution in [2.75, 3.05) is 20.1 Å².